The fraction of sp³-hybridized carbons (Fsp3) is 0.444. The molecule has 5 nitrogen and oxygen atoms in total. The molecule has 1 rings (SSSR count). The van der Waals surface area contributed by atoms with E-state index in [1.807, 2.05) is 6.08 Å². The molecule has 0 radical (unpaired) electrons. The van der Waals surface area contributed by atoms with E-state index in [-0.39, 0.29) is 11.3 Å². The highest BCUT2D eigenvalue weighted by molar-refractivity contribution is 7.99. The number of nitrogens with zero attached hydrogens (tertiary/aromatic N) is 3. The third kappa shape index (κ3) is 4.67. The zero-order valence-corrected chi connectivity index (χ0v) is 10.5. The number of hydrogen-bond acceptors (Lipinski definition) is 6. The Labute approximate surface area is 104 Å². The van der Waals surface area contributed by atoms with Crippen molar-refractivity contribution >= 4 is 29.3 Å². The van der Waals surface area contributed by atoms with Crippen LogP contribution in [0.25, 0.3) is 0 Å². The average Bonchev–Trinajstić information content (AvgIpc) is 2.28. The quantitative estimate of drug-likeness (QED) is 0.597. The first-order chi connectivity index (χ1) is 7.76. The van der Waals surface area contributed by atoms with E-state index in [0.717, 1.165) is 18.1 Å². The fourth-order valence-corrected chi connectivity index (χ4v) is 1.64. The molecular weight excluding hydrogens is 248 g/mol. The first-order valence-electron chi connectivity index (χ1n) is 4.64. The first kappa shape index (κ1) is 13.1. The van der Waals surface area contributed by atoms with Crippen molar-refractivity contribution in [2.24, 2.45) is 0 Å². The van der Waals surface area contributed by atoms with Gasteiger partial charge in [0.05, 0.1) is 7.11 Å². The average molecular weight is 261 g/mol. The second kappa shape index (κ2) is 7.29. The molecule has 1 aromatic rings. The Morgan fingerprint density at radius 2 is 2.31 bits per heavy atom. The van der Waals surface area contributed by atoms with E-state index in [2.05, 4.69) is 26.8 Å². The van der Waals surface area contributed by atoms with Crippen LogP contribution in [0.4, 0.5) is 5.95 Å². The number of rotatable bonds is 7. The lowest BCUT2D eigenvalue weighted by molar-refractivity contribution is 0.379. The van der Waals surface area contributed by atoms with Crippen molar-refractivity contribution in [1.82, 2.24) is 15.0 Å². The van der Waals surface area contributed by atoms with Gasteiger partial charge in [-0.05, 0) is 11.6 Å². The van der Waals surface area contributed by atoms with E-state index in [4.69, 9.17) is 16.3 Å². The summed E-state index contributed by atoms with van der Waals surface area (Å²) in [5.74, 6) is 2.30. The highest BCUT2D eigenvalue weighted by Gasteiger charge is 2.03. The summed E-state index contributed by atoms with van der Waals surface area (Å²) in [4.78, 5) is 11.7. The third-order valence-electron chi connectivity index (χ3n) is 1.54. The molecule has 7 heteroatoms. The van der Waals surface area contributed by atoms with Gasteiger partial charge in [-0.25, -0.2) is 0 Å². The van der Waals surface area contributed by atoms with Gasteiger partial charge in [0, 0.05) is 18.1 Å². The van der Waals surface area contributed by atoms with E-state index >= 15 is 0 Å². The van der Waals surface area contributed by atoms with Crippen LogP contribution in [0, 0.1) is 0 Å². The second-order valence-electron chi connectivity index (χ2n) is 2.71. The van der Waals surface area contributed by atoms with Crippen molar-refractivity contribution in [3.8, 4) is 6.01 Å². The number of hydrogen-bond donors (Lipinski definition) is 1. The van der Waals surface area contributed by atoms with Crippen molar-refractivity contribution < 1.29 is 4.74 Å². The molecule has 0 aliphatic heterocycles. The minimum atomic E-state index is 0.119. The van der Waals surface area contributed by atoms with Crippen molar-refractivity contribution in [2.45, 2.75) is 0 Å². The highest BCUT2D eigenvalue weighted by atomic mass is 35.5. The summed E-state index contributed by atoms with van der Waals surface area (Å²) >= 11 is 7.46. The Bertz CT molecular complexity index is 350. The van der Waals surface area contributed by atoms with E-state index in [1.54, 1.807) is 11.8 Å². The number of methoxy groups -OCH3 is 1. The zero-order valence-electron chi connectivity index (χ0n) is 8.94. The number of nitrogens with one attached hydrogen (secondary N) is 1. The van der Waals surface area contributed by atoms with Crippen LogP contribution in [0.1, 0.15) is 0 Å². The van der Waals surface area contributed by atoms with Crippen LogP contribution in [-0.4, -0.2) is 40.1 Å². The Morgan fingerprint density at radius 1 is 1.50 bits per heavy atom. The standard InChI is InChI=1S/C9H13ClN4OS/c1-3-5-16-6-4-11-8-12-7(10)13-9(14-8)15-2/h3H,1,4-6H2,2H3,(H,11,12,13,14). The van der Waals surface area contributed by atoms with E-state index in [0.29, 0.717) is 5.95 Å². The maximum Gasteiger partial charge on any atom is 0.322 e. The van der Waals surface area contributed by atoms with Crippen molar-refractivity contribution in [1.29, 1.82) is 0 Å². The van der Waals surface area contributed by atoms with Crippen LogP contribution in [0.5, 0.6) is 6.01 Å². The van der Waals surface area contributed by atoms with Gasteiger partial charge in [0.1, 0.15) is 0 Å². The molecule has 0 amide bonds. The molecule has 0 saturated heterocycles. The van der Waals surface area contributed by atoms with Gasteiger partial charge in [0.2, 0.25) is 11.2 Å². The van der Waals surface area contributed by atoms with Crippen molar-refractivity contribution in [2.75, 3.05) is 30.5 Å². The summed E-state index contributed by atoms with van der Waals surface area (Å²) in [6.07, 6.45) is 1.87. The molecule has 0 unspecified atom stereocenters. The number of ether oxygens (including phenoxy) is 1. The summed E-state index contributed by atoms with van der Waals surface area (Å²) in [7, 11) is 1.48. The van der Waals surface area contributed by atoms with E-state index in [1.165, 1.54) is 7.11 Å². The monoisotopic (exact) mass is 260 g/mol. The molecule has 0 bridgehead atoms. The number of halogens is 1. The lowest BCUT2D eigenvalue weighted by Gasteiger charge is -2.05. The topological polar surface area (TPSA) is 59.9 Å². The molecule has 1 aromatic heterocycles. The van der Waals surface area contributed by atoms with Gasteiger partial charge in [0.25, 0.3) is 0 Å². The zero-order chi connectivity index (χ0) is 11.8. The first-order valence-corrected chi connectivity index (χ1v) is 6.17. The van der Waals surface area contributed by atoms with Crippen LogP contribution in [0.15, 0.2) is 12.7 Å². The molecule has 0 aliphatic rings. The smallest absolute Gasteiger partial charge is 0.322 e. The van der Waals surface area contributed by atoms with Crippen LogP contribution in [-0.2, 0) is 0 Å². The third-order valence-corrected chi connectivity index (χ3v) is 2.67. The Kier molecular flexibility index (Phi) is 5.95. The van der Waals surface area contributed by atoms with E-state index in [9.17, 15) is 0 Å². The molecule has 0 spiro atoms. The Morgan fingerprint density at radius 3 is 3.00 bits per heavy atom. The maximum atomic E-state index is 5.69. The Hall–Kier alpha value is -1.01. The molecule has 88 valence electrons. The minimum absolute atomic E-state index is 0.119. The highest BCUT2D eigenvalue weighted by Crippen LogP contribution is 2.10. The Balaban J connectivity index is 2.41. The van der Waals surface area contributed by atoms with Gasteiger partial charge in [0.15, 0.2) is 0 Å². The predicted molar refractivity (Wildman–Crippen MR) is 67.4 cm³/mol. The van der Waals surface area contributed by atoms with Crippen LogP contribution in [0.2, 0.25) is 5.28 Å². The molecule has 0 atom stereocenters. The lowest BCUT2D eigenvalue weighted by atomic mass is 10.7. The van der Waals surface area contributed by atoms with Gasteiger partial charge in [-0.3, -0.25) is 0 Å². The summed E-state index contributed by atoms with van der Waals surface area (Å²) < 4.78 is 4.88. The van der Waals surface area contributed by atoms with Gasteiger partial charge in [-0.1, -0.05) is 6.08 Å². The lowest BCUT2D eigenvalue weighted by Crippen LogP contribution is -2.09. The molecule has 1 N–H and O–H groups in total. The normalized spacial score (nSPS) is 9.88. The summed E-state index contributed by atoms with van der Waals surface area (Å²) in [6, 6.07) is 0.209. The minimum Gasteiger partial charge on any atom is -0.467 e. The van der Waals surface area contributed by atoms with Gasteiger partial charge in [-0.2, -0.15) is 26.7 Å². The molecular formula is C9H13ClN4OS. The second-order valence-corrected chi connectivity index (χ2v) is 4.19. The largest absolute Gasteiger partial charge is 0.467 e. The summed E-state index contributed by atoms with van der Waals surface area (Å²) in [5, 5.41) is 3.16. The maximum absolute atomic E-state index is 5.69. The fourth-order valence-electron chi connectivity index (χ4n) is 0.904. The van der Waals surface area contributed by atoms with Crippen LogP contribution in [0.3, 0.4) is 0 Å². The molecule has 16 heavy (non-hydrogen) atoms. The predicted octanol–water partition coefficient (Wildman–Crippen LogP) is 1.86. The van der Waals surface area contributed by atoms with Gasteiger partial charge >= 0.3 is 6.01 Å². The molecule has 0 aromatic carbocycles. The van der Waals surface area contributed by atoms with Crippen molar-refractivity contribution in [3.63, 3.8) is 0 Å². The summed E-state index contributed by atoms with van der Waals surface area (Å²) in [6.45, 7) is 4.39. The molecule has 1 heterocycles. The SMILES string of the molecule is C=CCSCCNc1nc(Cl)nc(OC)n1. The van der Waals surface area contributed by atoms with Crippen LogP contribution < -0.4 is 10.1 Å². The van der Waals surface area contributed by atoms with Gasteiger partial charge in [-0.15, -0.1) is 6.58 Å². The summed E-state index contributed by atoms with van der Waals surface area (Å²) in [5.41, 5.74) is 0. The van der Waals surface area contributed by atoms with Crippen LogP contribution >= 0.6 is 23.4 Å². The number of anilines is 1. The van der Waals surface area contributed by atoms with E-state index < -0.39 is 0 Å². The van der Waals surface area contributed by atoms with Crippen molar-refractivity contribution in [3.05, 3.63) is 17.9 Å². The van der Waals surface area contributed by atoms with Gasteiger partial charge < -0.3 is 10.1 Å². The molecule has 0 aliphatic carbocycles. The molecule has 0 fully saturated rings. The number of aromatic nitrogens is 3. The molecule has 0 saturated carbocycles. The number of thioether (sulfide) groups is 1.